The van der Waals surface area contributed by atoms with Gasteiger partial charge in [0.1, 0.15) is 12.1 Å². The molecule has 1 aliphatic carbocycles. The van der Waals surface area contributed by atoms with Crippen molar-refractivity contribution in [2.24, 2.45) is 5.92 Å². The molecule has 7 nitrogen and oxygen atoms in total. The van der Waals surface area contributed by atoms with Crippen LogP contribution in [0.1, 0.15) is 25.3 Å². The van der Waals surface area contributed by atoms with Gasteiger partial charge in [0.05, 0.1) is 0 Å². The number of nitrogens with one attached hydrogen (secondary N) is 2. The SMILES string of the molecule is CN(C)C(CNC(=O)CN1C(=O)NC(C)(C2CC2)C1=O)Cc1ccccc1. The van der Waals surface area contributed by atoms with Crippen molar-refractivity contribution in [1.82, 2.24) is 20.4 Å². The van der Waals surface area contributed by atoms with Crippen LogP contribution in [0.5, 0.6) is 0 Å². The summed E-state index contributed by atoms with van der Waals surface area (Å²) < 4.78 is 0. The topological polar surface area (TPSA) is 81.8 Å². The molecule has 0 radical (unpaired) electrons. The molecule has 4 amide bonds. The van der Waals surface area contributed by atoms with Crippen LogP contribution in [0.3, 0.4) is 0 Å². The Bertz CT molecular complexity index is 717. The Labute approximate surface area is 160 Å². The predicted molar refractivity (Wildman–Crippen MR) is 102 cm³/mol. The van der Waals surface area contributed by atoms with Crippen molar-refractivity contribution in [2.75, 3.05) is 27.2 Å². The highest BCUT2D eigenvalue weighted by Crippen LogP contribution is 2.42. The second kappa shape index (κ2) is 7.68. The van der Waals surface area contributed by atoms with Gasteiger partial charge in [0, 0.05) is 12.6 Å². The lowest BCUT2D eigenvalue weighted by molar-refractivity contribution is -0.135. The third-order valence-corrected chi connectivity index (χ3v) is 5.58. The minimum absolute atomic E-state index is 0.121. The highest BCUT2D eigenvalue weighted by Gasteiger charge is 2.56. The van der Waals surface area contributed by atoms with Gasteiger partial charge in [-0.25, -0.2) is 4.79 Å². The first kappa shape index (κ1) is 19.4. The molecule has 1 saturated carbocycles. The Morgan fingerprint density at radius 3 is 2.56 bits per heavy atom. The predicted octanol–water partition coefficient (Wildman–Crippen LogP) is 0.996. The van der Waals surface area contributed by atoms with Crippen LogP contribution in [0.4, 0.5) is 4.79 Å². The average Bonchev–Trinajstić information content (AvgIpc) is 3.45. The van der Waals surface area contributed by atoms with Crippen LogP contribution in [0, 0.1) is 5.92 Å². The molecular formula is C20H28N4O3. The van der Waals surface area contributed by atoms with Crippen LogP contribution in [0.2, 0.25) is 0 Å². The fourth-order valence-corrected chi connectivity index (χ4v) is 3.55. The van der Waals surface area contributed by atoms with Crippen LogP contribution < -0.4 is 10.6 Å². The number of likely N-dealkylation sites (N-methyl/N-ethyl adjacent to an activating group) is 1. The minimum atomic E-state index is -0.850. The average molecular weight is 372 g/mol. The maximum absolute atomic E-state index is 12.6. The number of hydrogen-bond acceptors (Lipinski definition) is 4. The van der Waals surface area contributed by atoms with E-state index in [1.807, 2.05) is 32.3 Å². The maximum atomic E-state index is 12.6. The zero-order valence-corrected chi connectivity index (χ0v) is 16.2. The minimum Gasteiger partial charge on any atom is -0.353 e. The largest absolute Gasteiger partial charge is 0.353 e. The second-order valence-corrected chi connectivity index (χ2v) is 7.91. The molecule has 1 aliphatic heterocycles. The van der Waals surface area contributed by atoms with Crippen LogP contribution in [-0.2, 0) is 16.0 Å². The summed E-state index contributed by atoms with van der Waals surface area (Å²) >= 11 is 0. The van der Waals surface area contributed by atoms with Gasteiger partial charge in [-0.1, -0.05) is 30.3 Å². The summed E-state index contributed by atoms with van der Waals surface area (Å²) in [6, 6.07) is 9.73. The van der Waals surface area contributed by atoms with Crippen molar-refractivity contribution in [2.45, 2.75) is 37.8 Å². The van der Waals surface area contributed by atoms with E-state index < -0.39 is 11.6 Å². The summed E-state index contributed by atoms with van der Waals surface area (Å²) in [6.07, 6.45) is 2.68. The fraction of sp³-hybridized carbons (Fsp3) is 0.550. The van der Waals surface area contributed by atoms with Gasteiger partial charge in [-0.3, -0.25) is 14.5 Å². The molecule has 0 aromatic heterocycles. The van der Waals surface area contributed by atoms with Crippen molar-refractivity contribution < 1.29 is 14.4 Å². The lowest BCUT2D eigenvalue weighted by atomic mass is 9.96. The van der Waals surface area contributed by atoms with Gasteiger partial charge in [-0.05, 0) is 51.8 Å². The highest BCUT2D eigenvalue weighted by atomic mass is 16.2. The number of hydrogen-bond donors (Lipinski definition) is 2. The van der Waals surface area contributed by atoms with Crippen molar-refractivity contribution >= 4 is 17.8 Å². The Morgan fingerprint density at radius 1 is 1.30 bits per heavy atom. The third-order valence-electron chi connectivity index (χ3n) is 5.58. The quantitative estimate of drug-likeness (QED) is 0.667. The molecule has 0 bridgehead atoms. The van der Waals surface area contributed by atoms with Gasteiger partial charge in [0.2, 0.25) is 5.91 Å². The number of imide groups is 1. The number of nitrogens with zero attached hydrogens (tertiary/aromatic N) is 2. The molecule has 2 N–H and O–H groups in total. The normalized spacial score (nSPS) is 23.5. The molecule has 1 heterocycles. The van der Waals surface area contributed by atoms with Crippen LogP contribution in [-0.4, -0.2) is 66.4 Å². The van der Waals surface area contributed by atoms with Gasteiger partial charge in [0.25, 0.3) is 5.91 Å². The summed E-state index contributed by atoms with van der Waals surface area (Å²) in [4.78, 5) is 40.2. The number of rotatable bonds is 8. The number of carbonyl (C=O) groups is 3. The van der Waals surface area contributed by atoms with Gasteiger partial charge < -0.3 is 15.5 Å². The summed E-state index contributed by atoms with van der Waals surface area (Å²) in [7, 11) is 3.94. The Balaban J connectivity index is 1.53. The molecule has 2 aliphatic rings. The molecule has 146 valence electrons. The molecule has 3 rings (SSSR count). The van der Waals surface area contributed by atoms with E-state index in [-0.39, 0.29) is 30.3 Å². The van der Waals surface area contributed by atoms with E-state index in [9.17, 15) is 14.4 Å². The van der Waals surface area contributed by atoms with Gasteiger partial charge in [0.15, 0.2) is 0 Å². The fourth-order valence-electron chi connectivity index (χ4n) is 3.55. The molecular weight excluding hydrogens is 344 g/mol. The first-order valence-corrected chi connectivity index (χ1v) is 9.42. The van der Waals surface area contributed by atoms with Crippen LogP contribution in [0.25, 0.3) is 0 Å². The highest BCUT2D eigenvalue weighted by molar-refractivity contribution is 6.09. The first-order chi connectivity index (χ1) is 12.8. The van der Waals surface area contributed by atoms with Crippen molar-refractivity contribution in [3.05, 3.63) is 35.9 Å². The van der Waals surface area contributed by atoms with E-state index in [1.54, 1.807) is 6.92 Å². The van der Waals surface area contributed by atoms with E-state index in [0.29, 0.717) is 6.54 Å². The monoisotopic (exact) mass is 372 g/mol. The van der Waals surface area contributed by atoms with Crippen molar-refractivity contribution in [3.63, 3.8) is 0 Å². The molecule has 1 aromatic rings. The zero-order chi connectivity index (χ0) is 19.6. The van der Waals surface area contributed by atoms with Crippen molar-refractivity contribution in [1.29, 1.82) is 0 Å². The molecule has 2 fully saturated rings. The number of benzene rings is 1. The van der Waals surface area contributed by atoms with E-state index >= 15 is 0 Å². The first-order valence-electron chi connectivity index (χ1n) is 9.42. The molecule has 7 heteroatoms. The van der Waals surface area contributed by atoms with Crippen LogP contribution >= 0.6 is 0 Å². The molecule has 1 aromatic carbocycles. The summed E-state index contributed by atoms with van der Waals surface area (Å²) in [6.45, 7) is 1.97. The van der Waals surface area contributed by atoms with Crippen molar-refractivity contribution in [3.8, 4) is 0 Å². The standard InChI is InChI=1S/C20H28N4O3/c1-20(15-9-10-15)18(26)24(19(27)22-20)13-17(25)21-12-16(23(2)3)11-14-7-5-4-6-8-14/h4-8,15-16H,9-13H2,1-3H3,(H,21,25)(H,22,27). The second-order valence-electron chi connectivity index (χ2n) is 7.91. The zero-order valence-electron chi connectivity index (χ0n) is 16.2. The molecule has 2 unspecified atom stereocenters. The number of carbonyl (C=O) groups excluding carboxylic acids is 3. The lowest BCUT2D eigenvalue weighted by Crippen LogP contribution is -2.48. The van der Waals surface area contributed by atoms with E-state index in [2.05, 4.69) is 27.7 Å². The number of urea groups is 1. The summed E-state index contributed by atoms with van der Waals surface area (Å²) in [5, 5.41) is 5.63. The Kier molecular flexibility index (Phi) is 5.51. The smallest absolute Gasteiger partial charge is 0.325 e. The Morgan fingerprint density at radius 2 is 1.96 bits per heavy atom. The van der Waals surface area contributed by atoms with Gasteiger partial charge >= 0.3 is 6.03 Å². The summed E-state index contributed by atoms with van der Waals surface area (Å²) in [5.74, 6) is -0.428. The third kappa shape index (κ3) is 4.30. The van der Waals surface area contributed by atoms with Crippen LogP contribution in [0.15, 0.2) is 30.3 Å². The summed E-state index contributed by atoms with van der Waals surface area (Å²) in [5.41, 5.74) is 0.344. The molecule has 1 saturated heterocycles. The molecule has 2 atom stereocenters. The molecule has 27 heavy (non-hydrogen) atoms. The maximum Gasteiger partial charge on any atom is 0.325 e. The van der Waals surface area contributed by atoms with E-state index in [0.717, 1.165) is 24.2 Å². The van der Waals surface area contributed by atoms with E-state index in [1.165, 1.54) is 5.56 Å². The lowest BCUT2D eigenvalue weighted by Gasteiger charge is -2.25. The molecule has 0 spiro atoms. The number of amides is 4. The van der Waals surface area contributed by atoms with Gasteiger partial charge in [-0.15, -0.1) is 0 Å². The van der Waals surface area contributed by atoms with Gasteiger partial charge in [-0.2, -0.15) is 0 Å². The van der Waals surface area contributed by atoms with E-state index in [4.69, 9.17) is 0 Å². The Hall–Kier alpha value is -2.41.